The van der Waals surface area contributed by atoms with Crippen LogP contribution in [0.5, 0.6) is 0 Å². The third-order valence-corrected chi connectivity index (χ3v) is 3.81. The number of carbonyl (C=O) groups is 1. The first kappa shape index (κ1) is 14.0. The molecule has 1 heterocycles. The molecule has 1 aliphatic heterocycles. The summed E-state index contributed by atoms with van der Waals surface area (Å²) in [7, 11) is 1.84. The average molecular weight is 261 g/mol. The highest BCUT2D eigenvalue weighted by Gasteiger charge is 2.26. The van der Waals surface area contributed by atoms with E-state index in [9.17, 15) is 4.79 Å². The Labute approximate surface area is 115 Å². The smallest absolute Gasteiger partial charge is 0.236 e. The number of hydrogen-bond donors (Lipinski definition) is 1. The lowest BCUT2D eigenvalue weighted by atomic mass is 10.1. The van der Waals surface area contributed by atoms with Gasteiger partial charge in [-0.2, -0.15) is 0 Å². The van der Waals surface area contributed by atoms with Crippen molar-refractivity contribution in [2.45, 2.75) is 25.4 Å². The number of nitrogens with zero attached hydrogens (tertiary/aromatic N) is 2. The highest BCUT2D eigenvalue weighted by Crippen LogP contribution is 2.20. The van der Waals surface area contributed by atoms with E-state index in [1.54, 1.807) is 4.90 Å². The second kappa shape index (κ2) is 6.68. The summed E-state index contributed by atoms with van der Waals surface area (Å²) in [5.74, 6) is 0.0200. The van der Waals surface area contributed by atoms with E-state index in [0.29, 0.717) is 6.04 Å². The van der Waals surface area contributed by atoms with Crippen molar-refractivity contribution in [3.05, 3.63) is 35.9 Å². The van der Waals surface area contributed by atoms with E-state index in [-0.39, 0.29) is 12.5 Å². The molecule has 0 aliphatic carbocycles. The van der Waals surface area contributed by atoms with Crippen LogP contribution in [0, 0.1) is 0 Å². The monoisotopic (exact) mass is 261 g/mol. The van der Waals surface area contributed by atoms with Crippen LogP contribution in [-0.4, -0.2) is 48.4 Å². The highest BCUT2D eigenvalue weighted by molar-refractivity contribution is 5.77. The number of benzene rings is 1. The molecule has 1 fully saturated rings. The summed E-state index contributed by atoms with van der Waals surface area (Å²) in [6.45, 7) is 2.96. The van der Waals surface area contributed by atoms with E-state index >= 15 is 0 Å². The predicted molar refractivity (Wildman–Crippen MR) is 76.6 cm³/mol. The van der Waals surface area contributed by atoms with E-state index in [2.05, 4.69) is 29.2 Å². The fraction of sp³-hybridized carbons (Fsp3) is 0.533. The van der Waals surface area contributed by atoms with Gasteiger partial charge < -0.3 is 10.6 Å². The number of likely N-dealkylation sites (tertiary alicyclic amines) is 1. The van der Waals surface area contributed by atoms with Crippen LogP contribution in [0.1, 0.15) is 18.4 Å². The highest BCUT2D eigenvalue weighted by atomic mass is 16.2. The van der Waals surface area contributed by atoms with E-state index in [0.717, 1.165) is 26.1 Å². The molecular formula is C15H23N3O. The molecule has 4 heteroatoms. The van der Waals surface area contributed by atoms with Crippen LogP contribution in [0.15, 0.2) is 30.3 Å². The Morgan fingerprint density at radius 1 is 1.42 bits per heavy atom. The van der Waals surface area contributed by atoms with Gasteiger partial charge in [0.2, 0.25) is 5.91 Å². The molecule has 0 aromatic heterocycles. The predicted octanol–water partition coefficient (Wildman–Crippen LogP) is 1.07. The molecule has 2 rings (SSSR count). The maximum Gasteiger partial charge on any atom is 0.236 e. The van der Waals surface area contributed by atoms with E-state index < -0.39 is 0 Å². The van der Waals surface area contributed by atoms with Crippen molar-refractivity contribution in [3.8, 4) is 0 Å². The minimum Gasteiger partial charge on any atom is -0.343 e. The Morgan fingerprint density at radius 3 is 2.84 bits per heavy atom. The molecule has 0 unspecified atom stereocenters. The summed E-state index contributed by atoms with van der Waals surface area (Å²) < 4.78 is 0. The Morgan fingerprint density at radius 2 is 2.16 bits per heavy atom. The second-order valence-electron chi connectivity index (χ2n) is 5.23. The largest absolute Gasteiger partial charge is 0.343 e. The standard InChI is InChI=1S/C15H23N3O/c1-17(15(19)10-16)12-14-8-5-9-18(14)11-13-6-3-2-4-7-13/h2-4,6-7,14H,5,8-12,16H2,1H3/t14-/m1/s1. The molecule has 0 spiro atoms. The quantitative estimate of drug-likeness (QED) is 0.862. The minimum absolute atomic E-state index is 0.0200. The third-order valence-electron chi connectivity index (χ3n) is 3.81. The van der Waals surface area contributed by atoms with Gasteiger partial charge in [-0.15, -0.1) is 0 Å². The second-order valence-corrected chi connectivity index (χ2v) is 5.23. The van der Waals surface area contributed by atoms with Gasteiger partial charge in [0.25, 0.3) is 0 Å². The van der Waals surface area contributed by atoms with Crippen molar-refractivity contribution in [3.63, 3.8) is 0 Å². The SMILES string of the molecule is CN(C[C@H]1CCCN1Cc1ccccc1)C(=O)CN. The van der Waals surface area contributed by atoms with Gasteiger partial charge in [0, 0.05) is 26.2 Å². The first-order valence-electron chi connectivity index (χ1n) is 6.92. The van der Waals surface area contributed by atoms with Gasteiger partial charge in [0.15, 0.2) is 0 Å². The average Bonchev–Trinajstić information content (AvgIpc) is 2.86. The van der Waals surface area contributed by atoms with Gasteiger partial charge in [0.05, 0.1) is 6.54 Å². The van der Waals surface area contributed by atoms with Crippen LogP contribution < -0.4 is 5.73 Å². The van der Waals surface area contributed by atoms with E-state index in [1.165, 1.54) is 12.0 Å². The van der Waals surface area contributed by atoms with Crippen molar-refractivity contribution in [2.24, 2.45) is 5.73 Å². The fourth-order valence-electron chi connectivity index (χ4n) is 2.70. The molecule has 104 valence electrons. The number of rotatable bonds is 5. The molecule has 1 aromatic carbocycles. The molecule has 1 saturated heterocycles. The van der Waals surface area contributed by atoms with Gasteiger partial charge in [0.1, 0.15) is 0 Å². The zero-order valence-electron chi connectivity index (χ0n) is 11.6. The summed E-state index contributed by atoms with van der Waals surface area (Å²) in [6.07, 6.45) is 2.37. The molecule has 19 heavy (non-hydrogen) atoms. The molecular weight excluding hydrogens is 238 g/mol. The Bertz CT molecular complexity index is 407. The van der Waals surface area contributed by atoms with Crippen LogP contribution in [0.25, 0.3) is 0 Å². The summed E-state index contributed by atoms with van der Waals surface area (Å²) in [5, 5.41) is 0. The summed E-state index contributed by atoms with van der Waals surface area (Å²) >= 11 is 0. The van der Waals surface area contributed by atoms with Crippen molar-refractivity contribution in [1.82, 2.24) is 9.80 Å². The summed E-state index contributed by atoms with van der Waals surface area (Å²) in [6, 6.07) is 11.0. The lowest BCUT2D eigenvalue weighted by molar-refractivity contribution is -0.129. The number of carbonyl (C=O) groups excluding carboxylic acids is 1. The third kappa shape index (κ3) is 3.78. The van der Waals surface area contributed by atoms with E-state index in [1.807, 2.05) is 13.1 Å². The number of nitrogens with two attached hydrogens (primary N) is 1. The van der Waals surface area contributed by atoms with Gasteiger partial charge >= 0.3 is 0 Å². The first-order valence-corrected chi connectivity index (χ1v) is 6.92. The van der Waals surface area contributed by atoms with Crippen LogP contribution in [0.3, 0.4) is 0 Å². The topological polar surface area (TPSA) is 49.6 Å². The van der Waals surface area contributed by atoms with Crippen molar-refractivity contribution in [1.29, 1.82) is 0 Å². The molecule has 0 bridgehead atoms. The Kier molecular flexibility index (Phi) is 4.93. The van der Waals surface area contributed by atoms with Gasteiger partial charge in [-0.05, 0) is 24.9 Å². The van der Waals surface area contributed by atoms with Gasteiger partial charge in [-0.25, -0.2) is 0 Å². The molecule has 1 aromatic rings. The lowest BCUT2D eigenvalue weighted by Crippen LogP contribution is -2.42. The van der Waals surface area contributed by atoms with Crippen LogP contribution in [-0.2, 0) is 11.3 Å². The molecule has 1 aliphatic rings. The van der Waals surface area contributed by atoms with Crippen molar-refractivity contribution < 1.29 is 4.79 Å². The van der Waals surface area contributed by atoms with Crippen LogP contribution >= 0.6 is 0 Å². The minimum atomic E-state index is 0.0200. The zero-order valence-corrected chi connectivity index (χ0v) is 11.6. The molecule has 0 saturated carbocycles. The summed E-state index contributed by atoms with van der Waals surface area (Å²) in [4.78, 5) is 15.8. The fourth-order valence-corrected chi connectivity index (χ4v) is 2.70. The number of amides is 1. The molecule has 0 radical (unpaired) electrons. The molecule has 1 amide bonds. The maximum atomic E-state index is 11.5. The maximum absolute atomic E-state index is 11.5. The Balaban J connectivity index is 1.92. The normalized spacial score (nSPS) is 19.6. The molecule has 1 atom stereocenters. The van der Waals surface area contributed by atoms with Gasteiger partial charge in [-0.3, -0.25) is 9.69 Å². The van der Waals surface area contributed by atoms with Crippen molar-refractivity contribution >= 4 is 5.91 Å². The first-order chi connectivity index (χ1) is 9.20. The van der Waals surface area contributed by atoms with Gasteiger partial charge in [-0.1, -0.05) is 30.3 Å². The van der Waals surface area contributed by atoms with Crippen molar-refractivity contribution in [2.75, 3.05) is 26.7 Å². The van der Waals surface area contributed by atoms with Crippen LogP contribution in [0.2, 0.25) is 0 Å². The molecule has 4 nitrogen and oxygen atoms in total. The van der Waals surface area contributed by atoms with E-state index in [4.69, 9.17) is 5.73 Å². The number of hydrogen-bond acceptors (Lipinski definition) is 3. The van der Waals surface area contributed by atoms with Crippen LogP contribution in [0.4, 0.5) is 0 Å². The Hall–Kier alpha value is -1.39. The summed E-state index contributed by atoms with van der Waals surface area (Å²) in [5.41, 5.74) is 6.74. The lowest BCUT2D eigenvalue weighted by Gasteiger charge is -2.28. The number of likely N-dealkylation sites (N-methyl/N-ethyl adjacent to an activating group) is 1. The molecule has 2 N–H and O–H groups in total. The zero-order chi connectivity index (χ0) is 13.7.